The van der Waals surface area contributed by atoms with E-state index in [0.717, 1.165) is 64.0 Å². The Balaban J connectivity index is 1.10. The van der Waals surface area contributed by atoms with Crippen LogP contribution in [0.3, 0.4) is 0 Å². The first-order valence-electron chi connectivity index (χ1n) is 18.9. The van der Waals surface area contributed by atoms with Crippen LogP contribution in [0.5, 0.6) is 11.5 Å². The Morgan fingerprint density at radius 2 is 1.32 bits per heavy atom. The zero-order chi connectivity index (χ0) is 38.6. The number of fused-ring (bicyclic) bond motifs is 1. The molecule has 5 heterocycles. The van der Waals surface area contributed by atoms with Crippen molar-refractivity contribution in [2.24, 2.45) is 0 Å². The SMILES string of the molecule is COc1ccc(CN(Cc2ccc(OC)cc2)c2ncc(-c3nc(N4CCOCC4)nc4c3CCN4c3ccc(S(=O)(=O)N4CCN(C)CC4)cc3)cn2)cc1. The van der Waals surface area contributed by atoms with Crippen molar-refractivity contribution >= 4 is 33.4 Å². The molecule has 5 aromatic rings. The number of anilines is 4. The van der Waals surface area contributed by atoms with Gasteiger partial charge in [-0.05, 0) is 73.1 Å². The summed E-state index contributed by atoms with van der Waals surface area (Å²) >= 11 is 0. The molecule has 0 radical (unpaired) electrons. The van der Waals surface area contributed by atoms with E-state index in [1.165, 1.54) is 0 Å². The number of piperazine rings is 1. The molecule has 0 unspecified atom stereocenters. The first kappa shape index (κ1) is 37.6. The van der Waals surface area contributed by atoms with E-state index in [-0.39, 0.29) is 0 Å². The molecule has 0 amide bonds. The maximum absolute atomic E-state index is 13.5. The topological polar surface area (TPSA) is 130 Å². The first-order chi connectivity index (χ1) is 27.3. The Morgan fingerprint density at radius 1 is 0.732 bits per heavy atom. The van der Waals surface area contributed by atoms with Crippen LogP contribution in [0.1, 0.15) is 16.7 Å². The van der Waals surface area contributed by atoms with Crippen molar-refractivity contribution in [1.29, 1.82) is 0 Å². The maximum Gasteiger partial charge on any atom is 0.243 e. The van der Waals surface area contributed by atoms with Gasteiger partial charge in [-0.2, -0.15) is 9.29 Å². The summed E-state index contributed by atoms with van der Waals surface area (Å²) in [6.07, 6.45) is 4.41. The molecule has 3 aliphatic heterocycles. The molecule has 0 bridgehead atoms. The van der Waals surface area contributed by atoms with Crippen molar-refractivity contribution in [3.8, 4) is 22.8 Å². The summed E-state index contributed by atoms with van der Waals surface area (Å²) in [5, 5.41) is 0. The summed E-state index contributed by atoms with van der Waals surface area (Å²) in [5.74, 6) is 3.61. The van der Waals surface area contributed by atoms with Crippen molar-refractivity contribution in [2.45, 2.75) is 24.4 Å². The Hall–Kier alpha value is -5.35. The highest BCUT2D eigenvalue weighted by Crippen LogP contribution is 2.40. The van der Waals surface area contributed by atoms with E-state index in [1.54, 1.807) is 30.7 Å². The lowest BCUT2D eigenvalue weighted by Gasteiger charge is -2.31. The molecule has 3 aromatic carbocycles. The number of benzene rings is 3. The molecule has 3 aliphatic rings. The molecule has 0 spiro atoms. The lowest BCUT2D eigenvalue weighted by molar-refractivity contribution is 0.122. The lowest BCUT2D eigenvalue weighted by Crippen LogP contribution is -2.46. The fourth-order valence-corrected chi connectivity index (χ4v) is 8.74. The molecule has 15 heteroatoms. The van der Waals surface area contributed by atoms with Crippen LogP contribution in [-0.2, 0) is 34.3 Å². The molecule has 292 valence electrons. The van der Waals surface area contributed by atoms with E-state index in [2.05, 4.69) is 43.9 Å². The van der Waals surface area contributed by atoms with E-state index in [4.69, 9.17) is 34.1 Å². The van der Waals surface area contributed by atoms with Gasteiger partial charge in [0.1, 0.15) is 17.3 Å². The van der Waals surface area contributed by atoms with Crippen LogP contribution in [-0.4, -0.2) is 118 Å². The normalized spacial score (nSPS) is 16.5. The van der Waals surface area contributed by atoms with Crippen LogP contribution >= 0.6 is 0 Å². The molecule has 8 rings (SSSR count). The summed E-state index contributed by atoms with van der Waals surface area (Å²) in [6.45, 7) is 6.80. The van der Waals surface area contributed by atoms with Crippen molar-refractivity contribution in [2.75, 3.05) is 95.0 Å². The van der Waals surface area contributed by atoms with Gasteiger partial charge in [-0.3, -0.25) is 0 Å². The molecule has 0 atom stereocenters. The smallest absolute Gasteiger partial charge is 0.243 e. The number of likely N-dealkylation sites (N-methyl/N-ethyl adjacent to an activating group) is 1. The van der Waals surface area contributed by atoms with Crippen LogP contribution in [0.2, 0.25) is 0 Å². The standard InChI is InChI=1S/C41H47N9O5S/c1-46-18-20-49(21-19-46)56(51,52)36-14-8-33(9-15-36)50-17-16-37-38(44-41(45-39(37)50)47-22-24-55-25-23-47)32-26-42-40(43-27-32)48(28-30-4-10-34(53-2)11-5-30)29-31-6-12-35(54-3)13-7-31/h4-15,26-27H,16-25,28-29H2,1-3H3. The monoisotopic (exact) mass is 777 g/mol. The number of hydrogen-bond donors (Lipinski definition) is 0. The summed E-state index contributed by atoms with van der Waals surface area (Å²) in [6, 6.07) is 23.2. The summed E-state index contributed by atoms with van der Waals surface area (Å²) in [5.41, 5.74) is 5.66. The van der Waals surface area contributed by atoms with Crippen LogP contribution in [0, 0.1) is 0 Å². The number of aromatic nitrogens is 4. The van der Waals surface area contributed by atoms with Crippen molar-refractivity contribution in [3.05, 3.63) is 102 Å². The highest BCUT2D eigenvalue weighted by Gasteiger charge is 2.31. The number of hydrogen-bond acceptors (Lipinski definition) is 13. The highest BCUT2D eigenvalue weighted by molar-refractivity contribution is 7.89. The number of sulfonamides is 1. The Kier molecular flexibility index (Phi) is 11.0. The van der Waals surface area contributed by atoms with Gasteiger partial charge in [0, 0.05) is 88.1 Å². The van der Waals surface area contributed by atoms with Gasteiger partial charge in [0.25, 0.3) is 0 Å². The first-order valence-corrected chi connectivity index (χ1v) is 20.4. The van der Waals surface area contributed by atoms with Gasteiger partial charge in [-0.15, -0.1) is 0 Å². The minimum atomic E-state index is -3.59. The second kappa shape index (κ2) is 16.4. The molecule has 0 aliphatic carbocycles. The third kappa shape index (κ3) is 7.98. The average molecular weight is 778 g/mol. The second-order valence-corrected chi connectivity index (χ2v) is 16.1. The number of rotatable bonds is 12. The van der Waals surface area contributed by atoms with Gasteiger partial charge >= 0.3 is 0 Å². The second-order valence-electron chi connectivity index (χ2n) is 14.2. The van der Waals surface area contributed by atoms with Crippen LogP contribution in [0.25, 0.3) is 11.3 Å². The Morgan fingerprint density at radius 3 is 1.89 bits per heavy atom. The van der Waals surface area contributed by atoms with Gasteiger partial charge in [0.05, 0.1) is 38.0 Å². The zero-order valence-corrected chi connectivity index (χ0v) is 32.9. The van der Waals surface area contributed by atoms with Crippen molar-refractivity contribution in [1.82, 2.24) is 29.1 Å². The van der Waals surface area contributed by atoms with Gasteiger partial charge < -0.3 is 33.8 Å². The zero-order valence-electron chi connectivity index (χ0n) is 32.0. The number of nitrogens with zero attached hydrogens (tertiary/aromatic N) is 9. The summed E-state index contributed by atoms with van der Waals surface area (Å²) in [4.78, 5) is 29.0. The Bertz CT molecular complexity index is 2160. The van der Waals surface area contributed by atoms with Crippen LogP contribution < -0.4 is 24.2 Å². The largest absolute Gasteiger partial charge is 0.497 e. The third-order valence-electron chi connectivity index (χ3n) is 10.6. The Labute approximate surface area is 328 Å². The third-order valence-corrected chi connectivity index (χ3v) is 12.5. The predicted octanol–water partition coefficient (Wildman–Crippen LogP) is 4.62. The summed E-state index contributed by atoms with van der Waals surface area (Å²) < 4.78 is 44.9. The van der Waals surface area contributed by atoms with Crippen molar-refractivity contribution in [3.63, 3.8) is 0 Å². The van der Waals surface area contributed by atoms with Gasteiger partial charge in [-0.1, -0.05) is 24.3 Å². The number of ether oxygens (including phenoxy) is 3. The van der Waals surface area contributed by atoms with Crippen LogP contribution in [0.15, 0.2) is 90.1 Å². The fourth-order valence-electron chi connectivity index (χ4n) is 7.32. The van der Waals surface area contributed by atoms with Gasteiger partial charge in [-0.25, -0.2) is 23.4 Å². The number of methoxy groups -OCH3 is 2. The van der Waals surface area contributed by atoms with Crippen molar-refractivity contribution < 1.29 is 22.6 Å². The lowest BCUT2D eigenvalue weighted by atomic mass is 10.1. The molecular formula is C41H47N9O5S. The molecule has 2 fully saturated rings. The molecule has 0 N–H and O–H groups in total. The van der Waals surface area contributed by atoms with E-state index in [9.17, 15) is 8.42 Å². The maximum atomic E-state index is 13.5. The van der Waals surface area contributed by atoms with Gasteiger partial charge in [0.2, 0.25) is 21.9 Å². The molecule has 0 saturated carbocycles. The van der Waals surface area contributed by atoms with E-state index >= 15 is 0 Å². The van der Waals surface area contributed by atoms with Crippen LogP contribution in [0.4, 0.5) is 23.4 Å². The molecule has 2 aromatic heterocycles. The molecular weight excluding hydrogens is 731 g/mol. The quantitative estimate of drug-likeness (QED) is 0.175. The van der Waals surface area contributed by atoms with E-state index in [1.807, 2.05) is 55.8 Å². The molecule has 2 saturated heterocycles. The predicted molar refractivity (Wildman–Crippen MR) is 215 cm³/mol. The minimum Gasteiger partial charge on any atom is -0.497 e. The van der Waals surface area contributed by atoms with Gasteiger partial charge in [0.15, 0.2) is 0 Å². The van der Waals surface area contributed by atoms with E-state index in [0.29, 0.717) is 82.2 Å². The minimum absolute atomic E-state index is 0.299. The average Bonchev–Trinajstić information content (AvgIpc) is 3.68. The fraction of sp³-hybridized carbons (Fsp3) is 0.366. The molecule has 14 nitrogen and oxygen atoms in total. The van der Waals surface area contributed by atoms with E-state index < -0.39 is 10.0 Å². The number of morpholine rings is 1. The highest BCUT2D eigenvalue weighted by atomic mass is 32.2. The summed E-state index contributed by atoms with van der Waals surface area (Å²) in [7, 11) is 1.75. The molecule has 56 heavy (non-hydrogen) atoms.